The molecular weight excluding hydrogens is 311 g/mol. The molecule has 1 aromatic carbocycles. The van der Waals surface area contributed by atoms with Gasteiger partial charge in [0, 0.05) is 24.1 Å². The maximum absolute atomic E-state index is 12.3. The number of aliphatic hydroxyl groups is 1. The second-order valence-electron chi connectivity index (χ2n) is 5.42. The Bertz CT molecular complexity index is 572. The van der Waals surface area contributed by atoms with E-state index in [1.54, 1.807) is 6.07 Å². The van der Waals surface area contributed by atoms with Crippen molar-refractivity contribution in [1.82, 2.24) is 5.32 Å². The van der Waals surface area contributed by atoms with E-state index in [0.717, 1.165) is 25.3 Å². The van der Waals surface area contributed by atoms with Crippen LogP contribution in [0.1, 0.15) is 24.8 Å². The summed E-state index contributed by atoms with van der Waals surface area (Å²) in [5, 5.41) is 12.3. The number of rotatable bonds is 5. The van der Waals surface area contributed by atoms with Crippen LogP contribution >= 0.6 is 0 Å². The molecule has 1 fully saturated rings. The Morgan fingerprint density at radius 2 is 2.09 bits per heavy atom. The van der Waals surface area contributed by atoms with Gasteiger partial charge in [0.2, 0.25) is 5.91 Å². The molecule has 0 radical (unpaired) electrons. The van der Waals surface area contributed by atoms with Gasteiger partial charge in [-0.15, -0.1) is 13.2 Å². The van der Waals surface area contributed by atoms with Crippen molar-refractivity contribution in [1.29, 1.82) is 0 Å². The number of alkyl halides is 3. The number of nitrogens with one attached hydrogen (secondary N) is 1. The number of benzene rings is 1. The van der Waals surface area contributed by atoms with Crippen molar-refractivity contribution < 1.29 is 27.8 Å². The maximum atomic E-state index is 12.3. The van der Waals surface area contributed by atoms with Crippen LogP contribution in [0, 0.1) is 5.92 Å². The van der Waals surface area contributed by atoms with Crippen molar-refractivity contribution >= 4 is 12.0 Å². The summed E-state index contributed by atoms with van der Waals surface area (Å²) >= 11 is 0. The van der Waals surface area contributed by atoms with Gasteiger partial charge in [-0.2, -0.15) is 0 Å². The Hall–Kier alpha value is -2.02. The van der Waals surface area contributed by atoms with Gasteiger partial charge in [0.15, 0.2) is 0 Å². The number of aliphatic hydroxyl groups excluding tert-OH is 1. The number of carbonyl (C=O) groups is 1. The molecule has 0 spiro atoms. The zero-order chi connectivity index (χ0) is 16.9. The minimum atomic E-state index is -4.79. The fourth-order valence-electron chi connectivity index (χ4n) is 2.55. The molecule has 126 valence electrons. The summed E-state index contributed by atoms with van der Waals surface area (Å²) in [7, 11) is 0. The predicted octanol–water partition coefficient (Wildman–Crippen LogP) is 2.88. The van der Waals surface area contributed by atoms with E-state index in [-0.39, 0.29) is 17.2 Å². The quantitative estimate of drug-likeness (QED) is 0.817. The van der Waals surface area contributed by atoms with Crippen molar-refractivity contribution in [2.75, 3.05) is 6.54 Å². The molecule has 2 rings (SSSR count). The monoisotopic (exact) mass is 329 g/mol. The summed E-state index contributed by atoms with van der Waals surface area (Å²) in [4.78, 5) is 11.7. The van der Waals surface area contributed by atoms with Gasteiger partial charge in [0.1, 0.15) is 5.75 Å². The molecule has 0 aliphatic heterocycles. The van der Waals surface area contributed by atoms with Crippen molar-refractivity contribution in [3.8, 4) is 5.75 Å². The standard InChI is InChI=1S/C16H18F3NO3/c17-16(18,19)23-14-7-2-1-4-11(14)8-9-15(22)20-10-12-5-3-6-13(12)21/h1-2,4,7-9,12-13,21H,3,5-6,10H2,(H,20,22). The number of hydrogen-bond donors (Lipinski definition) is 2. The fraction of sp³-hybridized carbons (Fsp3) is 0.438. The molecule has 0 saturated heterocycles. The zero-order valence-corrected chi connectivity index (χ0v) is 12.3. The number of carbonyl (C=O) groups excluding carboxylic acids is 1. The minimum Gasteiger partial charge on any atom is -0.405 e. The first kappa shape index (κ1) is 17.3. The first-order chi connectivity index (χ1) is 10.8. The number of ether oxygens (including phenoxy) is 1. The highest BCUT2D eigenvalue weighted by atomic mass is 19.4. The van der Waals surface area contributed by atoms with Crippen LogP contribution in [0.25, 0.3) is 6.08 Å². The Morgan fingerprint density at radius 3 is 2.74 bits per heavy atom. The molecule has 1 aliphatic carbocycles. The van der Waals surface area contributed by atoms with E-state index in [2.05, 4.69) is 10.1 Å². The minimum absolute atomic E-state index is 0.0354. The van der Waals surface area contributed by atoms with Gasteiger partial charge < -0.3 is 15.2 Å². The normalized spacial score (nSPS) is 21.6. The van der Waals surface area contributed by atoms with E-state index in [0.29, 0.717) is 6.54 Å². The van der Waals surface area contributed by atoms with E-state index in [1.165, 1.54) is 24.3 Å². The molecule has 0 aromatic heterocycles. The van der Waals surface area contributed by atoms with E-state index < -0.39 is 18.4 Å². The molecule has 0 bridgehead atoms. The highest BCUT2D eigenvalue weighted by Gasteiger charge is 2.31. The molecule has 1 amide bonds. The van der Waals surface area contributed by atoms with Gasteiger partial charge in [-0.3, -0.25) is 4.79 Å². The van der Waals surface area contributed by atoms with Crippen molar-refractivity contribution in [3.05, 3.63) is 35.9 Å². The molecule has 1 aliphatic rings. The summed E-state index contributed by atoms with van der Waals surface area (Å²) in [6.45, 7) is 0.352. The maximum Gasteiger partial charge on any atom is 0.573 e. The van der Waals surface area contributed by atoms with Crippen LogP contribution < -0.4 is 10.1 Å². The molecule has 1 saturated carbocycles. The molecule has 23 heavy (non-hydrogen) atoms. The summed E-state index contributed by atoms with van der Waals surface area (Å²) in [5.74, 6) is -0.755. The van der Waals surface area contributed by atoms with Crippen molar-refractivity contribution in [2.24, 2.45) is 5.92 Å². The summed E-state index contributed by atoms with van der Waals surface area (Å²) in [6, 6.07) is 5.57. The Kier molecular flexibility index (Phi) is 5.65. The number of halogens is 3. The van der Waals surface area contributed by atoms with Gasteiger partial charge in [-0.1, -0.05) is 24.6 Å². The smallest absolute Gasteiger partial charge is 0.405 e. The van der Waals surface area contributed by atoms with Crippen LogP contribution in [0.5, 0.6) is 5.75 Å². The van der Waals surface area contributed by atoms with Gasteiger partial charge in [0.25, 0.3) is 0 Å². The van der Waals surface area contributed by atoms with Crippen LogP contribution in [-0.4, -0.2) is 30.0 Å². The van der Waals surface area contributed by atoms with E-state index in [1.807, 2.05) is 0 Å². The van der Waals surface area contributed by atoms with E-state index in [4.69, 9.17) is 0 Å². The third-order valence-corrected chi connectivity index (χ3v) is 3.72. The molecule has 4 nitrogen and oxygen atoms in total. The number of para-hydroxylation sites is 1. The van der Waals surface area contributed by atoms with Crippen LogP contribution in [0.15, 0.2) is 30.3 Å². The Labute approximate surface area is 132 Å². The van der Waals surface area contributed by atoms with E-state index in [9.17, 15) is 23.1 Å². The lowest BCUT2D eigenvalue weighted by atomic mass is 10.1. The first-order valence-electron chi connectivity index (χ1n) is 7.34. The second kappa shape index (κ2) is 7.50. The summed E-state index contributed by atoms with van der Waals surface area (Å²) in [6.07, 6.45) is -0.252. The second-order valence-corrected chi connectivity index (χ2v) is 5.42. The molecule has 0 heterocycles. The lowest BCUT2D eigenvalue weighted by molar-refractivity contribution is -0.274. The largest absolute Gasteiger partial charge is 0.573 e. The third-order valence-electron chi connectivity index (χ3n) is 3.72. The number of amides is 1. The van der Waals surface area contributed by atoms with Gasteiger partial charge in [-0.05, 0) is 25.0 Å². The molecule has 7 heteroatoms. The van der Waals surface area contributed by atoms with Gasteiger partial charge in [-0.25, -0.2) is 0 Å². The fourth-order valence-corrected chi connectivity index (χ4v) is 2.55. The van der Waals surface area contributed by atoms with Crippen LogP contribution in [-0.2, 0) is 4.79 Å². The SMILES string of the molecule is O=C(C=Cc1ccccc1OC(F)(F)F)NCC1CCCC1O. The number of hydrogen-bond acceptors (Lipinski definition) is 3. The van der Waals surface area contributed by atoms with Crippen LogP contribution in [0.4, 0.5) is 13.2 Å². The summed E-state index contributed by atoms with van der Waals surface area (Å²) in [5.41, 5.74) is 0.154. The van der Waals surface area contributed by atoms with Crippen molar-refractivity contribution in [2.45, 2.75) is 31.7 Å². The summed E-state index contributed by atoms with van der Waals surface area (Å²) < 4.78 is 40.8. The topological polar surface area (TPSA) is 58.6 Å². The average molecular weight is 329 g/mol. The van der Waals surface area contributed by atoms with E-state index >= 15 is 0 Å². The lowest BCUT2D eigenvalue weighted by Crippen LogP contribution is -2.31. The molecule has 2 N–H and O–H groups in total. The average Bonchev–Trinajstić information content (AvgIpc) is 2.88. The Morgan fingerprint density at radius 1 is 1.35 bits per heavy atom. The van der Waals surface area contributed by atoms with Crippen molar-refractivity contribution in [3.63, 3.8) is 0 Å². The molecule has 2 atom stereocenters. The highest BCUT2D eigenvalue weighted by molar-refractivity contribution is 5.92. The first-order valence-corrected chi connectivity index (χ1v) is 7.34. The molecule has 2 unspecified atom stereocenters. The zero-order valence-electron chi connectivity index (χ0n) is 12.3. The van der Waals surface area contributed by atoms with Gasteiger partial charge >= 0.3 is 6.36 Å². The molecule has 1 aromatic rings. The lowest BCUT2D eigenvalue weighted by Gasteiger charge is -2.14. The Balaban J connectivity index is 1.93. The van der Waals surface area contributed by atoms with Crippen LogP contribution in [0.3, 0.4) is 0 Å². The third kappa shape index (κ3) is 5.59. The highest BCUT2D eigenvalue weighted by Crippen LogP contribution is 2.27. The van der Waals surface area contributed by atoms with Gasteiger partial charge in [0.05, 0.1) is 6.10 Å². The van der Waals surface area contributed by atoms with Crippen LogP contribution in [0.2, 0.25) is 0 Å². The predicted molar refractivity (Wildman–Crippen MR) is 78.5 cm³/mol. The molecular formula is C16H18F3NO3.